The van der Waals surface area contributed by atoms with Crippen LogP contribution < -0.4 is 10.2 Å². The van der Waals surface area contributed by atoms with Gasteiger partial charge < -0.3 is 14.8 Å². The fourth-order valence-electron chi connectivity index (χ4n) is 4.29. The highest BCUT2D eigenvalue weighted by Crippen LogP contribution is 2.42. The monoisotopic (exact) mass is 424 g/mol. The van der Waals surface area contributed by atoms with Crippen LogP contribution in [0.5, 0.6) is 0 Å². The van der Waals surface area contributed by atoms with Gasteiger partial charge in [-0.15, -0.1) is 0 Å². The van der Waals surface area contributed by atoms with Gasteiger partial charge in [-0.3, -0.25) is 4.98 Å². The van der Waals surface area contributed by atoms with Crippen molar-refractivity contribution in [1.29, 1.82) is 0 Å². The van der Waals surface area contributed by atoms with Gasteiger partial charge >= 0.3 is 0 Å². The topological polar surface area (TPSA) is 33.1 Å². The first-order valence-corrected chi connectivity index (χ1v) is 10.8. The van der Waals surface area contributed by atoms with Crippen LogP contribution in [-0.4, -0.2) is 14.7 Å². The molecule has 4 nitrogen and oxygen atoms in total. The minimum Gasteiger partial charge on any atom is -0.351 e. The highest BCUT2D eigenvalue weighted by atomic mass is 32.1. The minimum absolute atomic E-state index is 0.0412. The summed E-state index contributed by atoms with van der Waals surface area (Å²) in [6.45, 7) is 4.21. The van der Waals surface area contributed by atoms with Gasteiger partial charge in [0.2, 0.25) is 0 Å². The number of nitrogens with zero attached hydrogens (tertiary/aromatic N) is 3. The van der Waals surface area contributed by atoms with E-state index >= 15 is 0 Å². The van der Waals surface area contributed by atoms with Crippen LogP contribution in [0.15, 0.2) is 91.3 Å². The zero-order valence-electron chi connectivity index (χ0n) is 17.6. The van der Waals surface area contributed by atoms with Crippen molar-refractivity contribution in [2.75, 3.05) is 4.90 Å². The molecule has 2 aromatic heterocycles. The van der Waals surface area contributed by atoms with Gasteiger partial charge in [-0.1, -0.05) is 35.9 Å². The fourth-order valence-corrected chi connectivity index (χ4v) is 4.63. The molecule has 0 radical (unpaired) electrons. The van der Waals surface area contributed by atoms with E-state index in [1.807, 2.05) is 18.3 Å². The smallest absolute Gasteiger partial charge is 0.174 e. The molecule has 1 N–H and O–H groups in total. The maximum Gasteiger partial charge on any atom is 0.174 e. The third-order valence-electron chi connectivity index (χ3n) is 5.77. The predicted octanol–water partition coefficient (Wildman–Crippen LogP) is 5.67. The predicted molar refractivity (Wildman–Crippen MR) is 130 cm³/mol. The Morgan fingerprint density at radius 1 is 0.839 bits per heavy atom. The van der Waals surface area contributed by atoms with Crippen LogP contribution in [-0.2, 0) is 0 Å². The number of aryl methyl sites for hydroxylation is 2. The first-order valence-electron chi connectivity index (χ1n) is 10.4. The van der Waals surface area contributed by atoms with Gasteiger partial charge in [0.05, 0.1) is 11.7 Å². The Labute approximate surface area is 188 Å². The Balaban J connectivity index is 1.67. The SMILES string of the molecule is Cc1ccc(-n2cccc2[C@@H]2[C@@H](c3ccccn3)NC(=S)N2c2cccc(C)c2)cc1. The van der Waals surface area contributed by atoms with Crippen LogP contribution in [0.25, 0.3) is 5.69 Å². The van der Waals surface area contributed by atoms with E-state index in [-0.39, 0.29) is 12.1 Å². The molecule has 31 heavy (non-hydrogen) atoms. The maximum atomic E-state index is 5.85. The second-order valence-electron chi connectivity index (χ2n) is 7.97. The van der Waals surface area contributed by atoms with Crippen molar-refractivity contribution in [2.45, 2.75) is 25.9 Å². The van der Waals surface area contributed by atoms with Crippen molar-refractivity contribution in [2.24, 2.45) is 0 Å². The molecule has 0 amide bonds. The van der Waals surface area contributed by atoms with E-state index in [0.717, 1.165) is 22.8 Å². The number of nitrogens with one attached hydrogen (secondary N) is 1. The zero-order valence-corrected chi connectivity index (χ0v) is 18.4. The molecule has 5 heteroatoms. The second-order valence-corrected chi connectivity index (χ2v) is 8.36. The third-order valence-corrected chi connectivity index (χ3v) is 6.09. The summed E-state index contributed by atoms with van der Waals surface area (Å²) in [5, 5.41) is 4.26. The van der Waals surface area contributed by atoms with E-state index in [1.165, 1.54) is 11.1 Å². The molecule has 0 unspecified atom stereocenters. The number of aromatic nitrogens is 2. The van der Waals surface area contributed by atoms with Crippen LogP contribution in [0.1, 0.15) is 34.6 Å². The summed E-state index contributed by atoms with van der Waals surface area (Å²) in [4.78, 5) is 6.88. The van der Waals surface area contributed by atoms with E-state index < -0.39 is 0 Å². The average Bonchev–Trinajstić information content (AvgIpc) is 3.39. The second kappa shape index (κ2) is 8.00. The molecular formula is C26H24N4S. The molecule has 1 fully saturated rings. The summed E-state index contributed by atoms with van der Waals surface area (Å²) < 4.78 is 2.25. The van der Waals surface area contributed by atoms with Crippen molar-refractivity contribution in [1.82, 2.24) is 14.9 Å². The first kappa shape index (κ1) is 19.5. The molecule has 1 aliphatic rings. The summed E-state index contributed by atoms with van der Waals surface area (Å²) in [6, 6.07) is 27.3. The van der Waals surface area contributed by atoms with E-state index in [4.69, 9.17) is 12.2 Å². The van der Waals surface area contributed by atoms with Crippen LogP contribution in [0.4, 0.5) is 5.69 Å². The summed E-state index contributed by atoms with van der Waals surface area (Å²) in [5.41, 5.74) is 6.79. The van der Waals surface area contributed by atoms with Crippen LogP contribution in [0.3, 0.4) is 0 Å². The quantitative estimate of drug-likeness (QED) is 0.428. The largest absolute Gasteiger partial charge is 0.351 e. The number of rotatable bonds is 4. The number of benzene rings is 2. The molecule has 0 spiro atoms. The maximum absolute atomic E-state index is 5.85. The van der Waals surface area contributed by atoms with Crippen molar-refractivity contribution < 1.29 is 0 Å². The summed E-state index contributed by atoms with van der Waals surface area (Å²) in [5.74, 6) is 0. The molecule has 2 atom stereocenters. The normalized spacial score (nSPS) is 18.3. The molecule has 0 bridgehead atoms. The van der Waals surface area contributed by atoms with Crippen molar-refractivity contribution in [3.8, 4) is 5.69 Å². The van der Waals surface area contributed by atoms with Gasteiger partial charge in [-0.2, -0.15) is 0 Å². The van der Waals surface area contributed by atoms with Crippen molar-refractivity contribution >= 4 is 23.0 Å². The molecule has 0 saturated carbocycles. The molecule has 2 aromatic carbocycles. The van der Waals surface area contributed by atoms with Gasteiger partial charge in [0.15, 0.2) is 5.11 Å². The lowest BCUT2D eigenvalue weighted by molar-refractivity contribution is 0.549. The molecule has 4 aromatic rings. The first-order chi connectivity index (χ1) is 15.1. The van der Waals surface area contributed by atoms with Gasteiger partial charge in [-0.05, 0) is 80.2 Å². The molecule has 0 aliphatic carbocycles. The van der Waals surface area contributed by atoms with E-state index in [2.05, 4.69) is 107 Å². The van der Waals surface area contributed by atoms with Gasteiger partial charge in [-0.25, -0.2) is 0 Å². The Hall–Kier alpha value is -3.44. The van der Waals surface area contributed by atoms with Crippen LogP contribution in [0.2, 0.25) is 0 Å². The summed E-state index contributed by atoms with van der Waals surface area (Å²) in [7, 11) is 0. The van der Waals surface area contributed by atoms with Gasteiger partial charge in [0, 0.05) is 29.5 Å². The van der Waals surface area contributed by atoms with Gasteiger partial charge in [0.1, 0.15) is 6.04 Å². The van der Waals surface area contributed by atoms with Gasteiger partial charge in [0.25, 0.3) is 0 Å². The fraction of sp³-hybridized carbons (Fsp3) is 0.154. The molecule has 3 heterocycles. The van der Waals surface area contributed by atoms with Crippen LogP contribution >= 0.6 is 12.2 Å². The number of hydrogen-bond donors (Lipinski definition) is 1. The number of anilines is 1. The zero-order chi connectivity index (χ0) is 21.4. The molecular weight excluding hydrogens is 400 g/mol. The molecule has 1 aliphatic heterocycles. The Morgan fingerprint density at radius 3 is 2.42 bits per heavy atom. The highest BCUT2D eigenvalue weighted by Gasteiger charge is 2.42. The summed E-state index contributed by atoms with van der Waals surface area (Å²) in [6.07, 6.45) is 3.96. The number of pyridine rings is 1. The Bertz CT molecular complexity index is 1210. The Kier molecular flexibility index (Phi) is 5.04. The molecule has 1 saturated heterocycles. The van der Waals surface area contributed by atoms with E-state index in [1.54, 1.807) is 0 Å². The Morgan fingerprint density at radius 2 is 1.68 bits per heavy atom. The standard InChI is InChI=1S/C26H24N4S/c1-18-11-13-20(14-12-18)29-16-6-10-23(29)25-24(22-9-3-4-15-27-22)28-26(31)30(25)21-8-5-7-19(2)17-21/h3-17,24-25H,1-2H3,(H,28,31)/t24-,25-/m1/s1. The highest BCUT2D eigenvalue weighted by molar-refractivity contribution is 7.80. The van der Waals surface area contributed by atoms with Crippen molar-refractivity contribution in [3.05, 3.63) is 114 Å². The van der Waals surface area contributed by atoms with E-state index in [0.29, 0.717) is 5.11 Å². The summed E-state index contributed by atoms with van der Waals surface area (Å²) >= 11 is 5.85. The lowest BCUT2D eigenvalue weighted by Crippen LogP contribution is -2.30. The lowest BCUT2D eigenvalue weighted by atomic mass is 10.0. The molecule has 5 rings (SSSR count). The van der Waals surface area contributed by atoms with Crippen molar-refractivity contribution in [3.63, 3.8) is 0 Å². The molecule has 154 valence electrons. The van der Waals surface area contributed by atoms with Crippen LogP contribution in [0, 0.1) is 13.8 Å². The third kappa shape index (κ3) is 3.62. The number of thiocarbonyl (C=S) groups is 1. The number of hydrogen-bond acceptors (Lipinski definition) is 2. The minimum atomic E-state index is -0.0617. The van der Waals surface area contributed by atoms with E-state index in [9.17, 15) is 0 Å². The lowest BCUT2D eigenvalue weighted by Gasteiger charge is -2.29. The average molecular weight is 425 g/mol.